The minimum atomic E-state index is -0.629. The molecular weight excluding hydrogens is 554 g/mol. The molecule has 0 unspecified atom stereocenters. The van der Waals surface area contributed by atoms with Crippen molar-refractivity contribution in [1.82, 2.24) is 0 Å². The highest BCUT2D eigenvalue weighted by Crippen LogP contribution is 2.64. The Bertz CT molecular complexity index is 1500. The summed E-state index contributed by atoms with van der Waals surface area (Å²) in [6.07, 6.45) is 0. The van der Waals surface area contributed by atoms with Gasteiger partial charge in [-0.25, -0.2) is 0 Å². The number of hydrogen-bond acceptors (Lipinski definition) is 2. The van der Waals surface area contributed by atoms with E-state index < -0.39 is 5.41 Å². The van der Waals surface area contributed by atoms with Gasteiger partial charge in [0, 0.05) is 21.1 Å². The number of rotatable bonds is 1. The zero-order valence-electron chi connectivity index (χ0n) is 18.9. The van der Waals surface area contributed by atoms with E-state index in [1.54, 1.807) is 12.1 Å². The van der Waals surface area contributed by atoms with Gasteiger partial charge in [-0.1, -0.05) is 83.0 Å². The molecule has 0 aliphatic heterocycles. The van der Waals surface area contributed by atoms with Gasteiger partial charge in [-0.3, -0.25) is 10.1 Å². The molecule has 0 amide bonds. The molecule has 0 heterocycles. The Morgan fingerprint density at radius 3 is 1.62 bits per heavy atom. The Kier molecular flexibility index (Phi) is 4.56. The minimum Gasteiger partial charge on any atom is -0.258 e. The normalized spacial score (nSPS) is 14.5. The Morgan fingerprint density at radius 2 is 1.12 bits per heavy atom. The maximum atomic E-state index is 11.9. The molecule has 34 heavy (non-hydrogen) atoms. The first-order chi connectivity index (χ1) is 16.1. The van der Waals surface area contributed by atoms with Crippen molar-refractivity contribution in [3.8, 4) is 22.3 Å². The molecule has 6 rings (SSSR count). The van der Waals surface area contributed by atoms with Crippen LogP contribution < -0.4 is 0 Å². The first-order valence-electron chi connectivity index (χ1n) is 11.2. The Balaban J connectivity index is 1.84. The molecule has 4 aromatic rings. The molecule has 5 heteroatoms. The first kappa shape index (κ1) is 21.8. The number of non-ortho nitro benzene ring substituents is 1. The van der Waals surface area contributed by atoms with Gasteiger partial charge in [-0.05, 0) is 85.8 Å². The third-order valence-electron chi connectivity index (χ3n) is 7.26. The number of nitro benzene ring substituents is 1. The summed E-state index contributed by atoms with van der Waals surface area (Å²) in [4.78, 5) is 11.6. The largest absolute Gasteiger partial charge is 0.269 e. The standard InChI is InChI=1S/C29H21Br2NO2/c1-28(2,3)16-4-8-20-23-11-7-19(32(33)34)15-27(23)29(24(20)12-16)25-13-17(30)5-9-21(25)22-10-6-18(31)14-26(22)29/h4-15H,1-3H3. The van der Waals surface area contributed by atoms with Gasteiger partial charge in [-0.15, -0.1) is 0 Å². The van der Waals surface area contributed by atoms with Crippen LogP contribution in [0.15, 0.2) is 81.7 Å². The molecule has 1 spiro atoms. The summed E-state index contributed by atoms with van der Waals surface area (Å²) in [5.74, 6) is 0. The number of benzene rings is 4. The summed E-state index contributed by atoms with van der Waals surface area (Å²) < 4.78 is 1.98. The van der Waals surface area contributed by atoms with E-state index in [4.69, 9.17) is 0 Å². The molecular formula is C29H21Br2NO2. The van der Waals surface area contributed by atoms with Crippen LogP contribution in [0.1, 0.15) is 48.6 Å². The lowest BCUT2D eigenvalue weighted by Gasteiger charge is -2.31. The van der Waals surface area contributed by atoms with Crippen molar-refractivity contribution in [3.05, 3.63) is 120 Å². The molecule has 4 aromatic carbocycles. The highest BCUT2D eigenvalue weighted by molar-refractivity contribution is 9.10. The van der Waals surface area contributed by atoms with Gasteiger partial charge in [0.1, 0.15) is 0 Å². The number of hydrogen-bond donors (Lipinski definition) is 0. The Morgan fingerprint density at radius 1 is 0.676 bits per heavy atom. The highest BCUT2D eigenvalue weighted by atomic mass is 79.9. The van der Waals surface area contributed by atoms with Crippen LogP contribution in [0.2, 0.25) is 0 Å². The monoisotopic (exact) mass is 573 g/mol. The Hall–Kier alpha value is -2.76. The number of nitrogens with zero attached hydrogens (tertiary/aromatic N) is 1. The molecule has 0 fully saturated rings. The fourth-order valence-corrected chi connectivity index (χ4v) is 6.46. The third kappa shape index (κ3) is 2.80. The lowest BCUT2D eigenvalue weighted by atomic mass is 9.69. The summed E-state index contributed by atoms with van der Waals surface area (Å²) in [6.45, 7) is 6.66. The van der Waals surface area contributed by atoms with Gasteiger partial charge in [0.25, 0.3) is 5.69 Å². The van der Waals surface area contributed by atoms with Crippen LogP contribution in [0.5, 0.6) is 0 Å². The topological polar surface area (TPSA) is 43.1 Å². The number of fused-ring (bicyclic) bond motifs is 10. The van der Waals surface area contributed by atoms with Crippen molar-refractivity contribution >= 4 is 37.5 Å². The van der Waals surface area contributed by atoms with E-state index in [1.165, 1.54) is 11.1 Å². The summed E-state index contributed by atoms with van der Waals surface area (Å²) >= 11 is 7.40. The molecule has 0 saturated heterocycles. The summed E-state index contributed by atoms with van der Waals surface area (Å²) in [5, 5.41) is 11.9. The van der Waals surface area contributed by atoms with Gasteiger partial charge in [0.15, 0.2) is 0 Å². The van der Waals surface area contributed by atoms with Crippen molar-refractivity contribution in [2.24, 2.45) is 0 Å². The maximum absolute atomic E-state index is 11.9. The van der Waals surface area contributed by atoms with E-state index in [0.29, 0.717) is 0 Å². The van der Waals surface area contributed by atoms with E-state index in [1.807, 2.05) is 6.07 Å². The van der Waals surface area contributed by atoms with Crippen LogP contribution in [0.4, 0.5) is 5.69 Å². The van der Waals surface area contributed by atoms with Crippen molar-refractivity contribution in [1.29, 1.82) is 0 Å². The van der Waals surface area contributed by atoms with E-state index in [2.05, 4.69) is 107 Å². The smallest absolute Gasteiger partial charge is 0.258 e. The maximum Gasteiger partial charge on any atom is 0.269 e. The minimum absolute atomic E-state index is 0.0319. The summed E-state index contributed by atoms with van der Waals surface area (Å²) in [6, 6.07) is 24.9. The molecule has 0 saturated carbocycles. The van der Waals surface area contributed by atoms with Gasteiger partial charge in [0.05, 0.1) is 10.3 Å². The second-order valence-electron chi connectivity index (χ2n) is 10.1. The fourth-order valence-electron chi connectivity index (χ4n) is 5.74. The van der Waals surface area contributed by atoms with Gasteiger partial charge in [0.2, 0.25) is 0 Å². The predicted octanol–water partition coefficient (Wildman–Crippen LogP) is 8.76. The van der Waals surface area contributed by atoms with Gasteiger partial charge < -0.3 is 0 Å². The lowest BCUT2D eigenvalue weighted by Crippen LogP contribution is -2.27. The quantitative estimate of drug-likeness (QED) is 0.145. The molecule has 168 valence electrons. The molecule has 0 bridgehead atoms. The second-order valence-corrected chi connectivity index (χ2v) is 12.0. The molecule has 2 aliphatic carbocycles. The third-order valence-corrected chi connectivity index (χ3v) is 8.25. The van der Waals surface area contributed by atoms with Crippen molar-refractivity contribution in [2.75, 3.05) is 0 Å². The van der Waals surface area contributed by atoms with Crippen LogP contribution in [0, 0.1) is 10.1 Å². The summed E-state index contributed by atoms with van der Waals surface area (Å²) in [5.41, 5.74) is 9.68. The average molecular weight is 575 g/mol. The molecule has 0 N–H and O–H groups in total. The second kappa shape index (κ2) is 7.12. The Labute approximate surface area is 215 Å². The summed E-state index contributed by atoms with van der Waals surface area (Å²) in [7, 11) is 0. The molecule has 2 aliphatic rings. The average Bonchev–Trinajstić information content (AvgIpc) is 3.23. The molecule has 0 atom stereocenters. The molecule has 0 aromatic heterocycles. The SMILES string of the molecule is CC(C)(C)c1ccc2c(c1)C1(c3cc(Br)ccc3-c3ccc(Br)cc31)c1cc([N+](=O)[O-])ccc1-2. The fraction of sp³-hybridized carbons (Fsp3) is 0.172. The van der Waals surface area contributed by atoms with Crippen LogP contribution in [0.25, 0.3) is 22.3 Å². The van der Waals surface area contributed by atoms with E-state index in [9.17, 15) is 10.1 Å². The van der Waals surface area contributed by atoms with Gasteiger partial charge in [-0.2, -0.15) is 0 Å². The van der Waals surface area contributed by atoms with Crippen LogP contribution >= 0.6 is 31.9 Å². The lowest BCUT2D eigenvalue weighted by molar-refractivity contribution is -0.384. The first-order valence-corrected chi connectivity index (χ1v) is 12.8. The predicted molar refractivity (Wildman–Crippen MR) is 143 cm³/mol. The van der Waals surface area contributed by atoms with Crippen LogP contribution in [-0.4, -0.2) is 4.92 Å². The van der Waals surface area contributed by atoms with Crippen LogP contribution in [-0.2, 0) is 10.8 Å². The zero-order valence-corrected chi connectivity index (χ0v) is 22.1. The van der Waals surface area contributed by atoms with Crippen LogP contribution in [0.3, 0.4) is 0 Å². The highest BCUT2D eigenvalue weighted by Gasteiger charge is 2.52. The number of halogens is 2. The van der Waals surface area contributed by atoms with E-state index >= 15 is 0 Å². The van der Waals surface area contributed by atoms with E-state index in [-0.39, 0.29) is 16.0 Å². The zero-order chi connectivity index (χ0) is 24.0. The van der Waals surface area contributed by atoms with E-state index in [0.717, 1.165) is 47.9 Å². The van der Waals surface area contributed by atoms with Gasteiger partial charge >= 0.3 is 0 Å². The molecule has 0 radical (unpaired) electrons. The van der Waals surface area contributed by atoms with Crippen molar-refractivity contribution in [2.45, 2.75) is 31.6 Å². The van der Waals surface area contributed by atoms with Crippen molar-refractivity contribution in [3.63, 3.8) is 0 Å². The van der Waals surface area contributed by atoms with Crippen molar-refractivity contribution < 1.29 is 4.92 Å². The number of nitro groups is 1. The molecule has 3 nitrogen and oxygen atoms in total.